The molecular weight excluding hydrogens is 285 g/mol. The van der Waals surface area contributed by atoms with Crippen LogP contribution in [0.15, 0.2) is 0 Å². The van der Waals surface area contributed by atoms with E-state index in [-0.39, 0.29) is 30.6 Å². The van der Waals surface area contributed by atoms with Crippen LogP contribution in [0.2, 0.25) is 0 Å². The third-order valence-corrected chi connectivity index (χ3v) is 2.91. The number of hydrogen-bond acceptors (Lipinski definition) is 3. The fourth-order valence-electron chi connectivity index (χ4n) is 1.13. The predicted molar refractivity (Wildman–Crippen MR) is 65.9 cm³/mol. The average molecular weight is 302 g/mol. The number of urea groups is 1. The summed E-state index contributed by atoms with van der Waals surface area (Å²) in [4.78, 5) is 21.6. The summed E-state index contributed by atoms with van der Waals surface area (Å²) in [5, 5.41) is 13.3. The molecule has 0 aromatic carbocycles. The molecule has 0 aliphatic rings. The van der Waals surface area contributed by atoms with Crippen molar-refractivity contribution in [2.24, 2.45) is 5.92 Å². The lowest BCUT2D eigenvalue weighted by Gasteiger charge is -2.09. The van der Waals surface area contributed by atoms with Gasteiger partial charge in [-0.05, 0) is 24.6 Å². The van der Waals surface area contributed by atoms with Gasteiger partial charge in [0, 0.05) is 18.8 Å². The van der Waals surface area contributed by atoms with Crippen molar-refractivity contribution in [1.82, 2.24) is 10.6 Å². The lowest BCUT2D eigenvalue weighted by atomic mass is 10.1. The molecule has 0 spiro atoms. The van der Waals surface area contributed by atoms with E-state index in [1.165, 1.54) is 0 Å². The Morgan fingerprint density at radius 2 is 1.84 bits per heavy atom. The van der Waals surface area contributed by atoms with E-state index in [0.29, 0.717) is 12.8 Å². The molecule has 0 heterocycles. The number of carboxylic acid groups (broad SMARTS) is 1. The van der Waals surface area contributed by atoms with Gasteiger partial charge in [0.2, 0.25) is 0 Å². The molecule has 2 amide bonds. The van der Waals surface area contributed by atoms with Gasteiger partial charge in [0.25, 0.3) is 0 Å². The Kier molecular flexibility index (Phi) is 8.37. The van der Waals surface area contributed by atoms with Crippen LogP contribution in [0.4, 0.5) is 18.0 Å². The van der Waals surface area contributed by atoms with Crippen LogP contribution in [0.25, 0.3) is 0 Å². The molecule has 9 heteroatoms. The molecular formula is C10H17F3N2O3S. The zero-order chi connectivity index (χ0) is 14.9. The van der Waals surface area contributed by atoms with Crippen LogP contribution in [-0.2, 0) is 4.79 Å². The van der Waals surface area contributed by atoms with Crippen LogP contribution >= 0.6 is 11.8 Å². The smallest absolute Gasteiger partial charge is 0.441 e. The highest BCUT2D eigenvalue weighted by atomic mass is 32.2. The molecule has 0 aliphatic carbocycles. The van der Waals surface area contributed by atoms with Crippen LogP contribution in [0.3, 0.4) is 0 Å². The highest BCUT2D eigenvalue weighted by Gasteiger charge is 2.27. The number of halogens is 3. The molecule has 3 N–H and O–H groups in total. The van der Waals surface area contributed by atoms with E-state index in [2.05, 4.69) is 10.6 Å². The Hall–Kier alpha value is -1.12. The molecule has 112 valence electrons. The van der Waals surface area contributed by atoms with Crippen molar-refractivity contribution in [3.8, 4) is 0 Å². The molecule has 1 unspecified atom stereocenters. The van der Waals surface area contributed by atoms with Crippen LogP contribution in [0.5, 0.6) is 0 Å². The molecule has 0 radical (unpaired) electrons. The highest BCUT2D eigenvalue weighted by Crippen LogP contribution is 2.29. The van der Waals surface area contributed by atoms with Gasteiger partial charge < -0.3 is 15.7 Å². The van der Waals surface area contributed by atoms with Gasteiger partial charge in [-0.1, -0.05) is 6.92 Å². The normalized spacial score (nSPS) is 12.8. The zero-order valence-corrected chi connectivity index (χ0v) is 11.2. The van der Waals surface area contributed by atoms with E-state index in [1.54, 1.807) is 6.92 Å². The molecule has 19 heavy (non-hydrogen) atoms. The first-order valence-corrected chi connectivity index (χ1v) is 6.66. The second kappa shape index (κ2) is 8.89. The molecule has 0 saturated carbocycles. The van der Waals surface area contributed by atoms with Crippen LogP contribution in [0, 0.1) is 5.92 Å². The molecule has 0 rings (SSSR count). The van der Waals surface area contributed by atoms with Crippen molar-refractivity contribution in [2.45, 2.75) is 25.3 Å². The zero-order valence-electron chi connectivity index (χ0n) is 10.4. The van der Waals surface area contributed by atoms with E-state index >= 15 is 0 Å². The van der Waals surface area contributed by atoms with E-state index in [1.807, 2.05) is 0 Å². The van der Waals surface area contributed by atoms with E-state index in [0.717, 1.165) is 0 Å². The first-order valence-electron chi connectivity index (χ1n) is 5.67. The van der Waals surface area contributed by atoms with Crippen molar-refractivity contribution < 1.29 is 27.9 Å². The van der Waals surface area contributed by atoms with Crippen molar-refractivity contribution in [2.75, 3.05) is 18.8 Å². The van der Waals surface area contributed by atoms with Gasteiger partial charge in [-0.25, -0.2) is 4.79 Å². The van der Waals surface area contributed by atoms with Crippen molar-refractivity contribution >= 4 is 23.8 Å². The number of nitrogens with one attached hydrogen (secondary N) is 2. The Morgan fingerprint density at radius 3 is 2.37 bits per heavy atom. The number of thioether (sulfide) groups is 1. The summed E-state index contributed by atoms with van der Waals surface area (Å²) in [7, 11) is 0. The highest BCUT2D eigenvalue weighted by molar-refractivity contribution is 8.00. The van der Waals surface area contributed by atoms with Crippen LogP contribution in [-0.4, -0.2) is 41.5 Å². The largest absolute Gasteiger partial charge is 0.481 e. The molecule has 5 nitrogen and oxygen atoms in total. The minimum atomic E-state index is -4.29. The molecule has 0 saturated heterocycles. The minimum Gasteiger partial charge on any atom is -0.481 e. The predicted octanol–water partition coefficient (Wildman–Crippen LogP) is 2.04. The monoisotopic (exact) mass is 302 g/mol. The lowest BCUT2D eigenvalue weighted by molar-refractivity contribution is -0.141. The minimum absolute atomic E-state index is 0.0818. The third-order valence-electron chi connectivity index (χ3n) is 2.17. The van der Waals surface area contributed by atoms with Gasteiger partial charge in [-0.2, -0.15) is 13.2 Å². The summed E-state index contributed by atoms with van der Waals surface area (Å²) in [6.45, 7) is 1.77. The molecule has 0 aliphatic heterocycles. The van der Waals surface area contributed by atoms with Crippen molar-refractivity contribution in [3.05, 3.63) is 0 Å². The molecule has 0 aromatic heterocycles. The number of carbonyl (C=O) groups excluding carboxylic acids is 1. The third kappa shape index (κ3) is 11.7. The summed E-state index contributed by atoms with van der Waals surface area (Å²) >= 11 is -0.197. The maximum absolute atomic E-state index is 11.8. The molecule has 0 aromatic rings. The quantitative estimate of drug-likeness (QED) is 0.600. The van der Waals surface area contributed by atoms with Gasteiger partial charge in [0.05, 0.1) is 5.92 Å². The van der Waals surface area contributed by atoms with Crippen molar-refractivity contribution in [3.63, 3.8) is 0 Å². The summed E-state index contributed by atoms with van der Waals surface area (Å²) in [5.41, 5.74) is -4.29. The number of rotatable bonds is 8. The van der Waals surface area contributed by atoms with Gasteiger partial charge in [-0.3, -0.25) is 4.79 Å². The van der Waals surface area contributed by atoms with Gasteiger partial charge in [0.1, 0.15) is 0 Å². The number of alkyl halides is 3. The van der Waals surface area contributed by atoms with Gasteiger partial charge in [-0.15, -0.1) is 0 Å². The summed E-state index contributed by atoms with van der Waals surface area (Å²) in [6, 6.07) is -0.550. The Bertz CT molecular complexity index is 300. The number of amides is 2. The SMILES string of the molecule is CC(CCCNC(=O)NCCSC(F)(F)F)C(=O)O. The molecule has 0 bridgehead atoms. The number of carboxylic acids is 1. The van der Waals surface area contributed by atoms with E-state index < -0.39 is 23.4 Å². The average Bonchev–Trinajstić information content (AvgIpc) is 2.28. The standard InChI is InChI=1S/C10H17F3N2O3S/c1-7(8(16)17)3-2-4-14-9(18)15-5-6-19-10(11,12)13/h7H,2-6H2,1H3,(H,16,17)(H2,14,15,18). The number of hydrogen-bond donors (Lipinski definition) is 3. The maximum Gasteiger partial charge on any atom is 0.441 e. The van der Waals surface area contributed by atoms with E-state index in [4.69, 9.17) is 5.11 Å². The maximum atomic E-state index is 11.8. The van der Waals surface area contributed by atoms with E-state index in [9.17, 15) is 22.8 Å². The van der Waals surface area contributed by atoms with Gasteiger partial charge in [0.15, 0.2) is 0 Å². The first kappa shape index (κ1) is 17.9. The molecule has 0 fully saturated rings. The van der Waals surface area contributed by atoms with Gasteiger partial charge >= 0.3 is 17.5 Å². The Morgan fingerprint density at radius 1 is 1.26 bits per heavy atom. The second-order valence-corrected chi connectivity index (χ2v) is 5.02. The second-order valence-electron chi connectivity index (χ2n) is 3.86. The fourth-order valence-corrected chi connectivity index (χ4v) is 1.56. The topological polar surface area (TPSA) is 78.4 Å². The number of aliphatic carboxylic acids is 1. The first-order chi connectivity index (χ1) is 8.72. The number of carbonyl (C=O) groups is 2. The Balaban J connectivity index is 3.48. The lowest BCUT2D eigenvalue weighted by Crippen LogP contribution is -2.37. The summed E-state index contributed by atoms with van der Waals surface area (Å²) < 4.78 is 35.3. The van der Waals surface area contributed by atoms with Crippen molar-refractivity contribution in [1.29, 1.82) is 0 Å². The molecule has 1 atom stereocenters. The van der Waals surface area contributed by atoms with Crippen LogP contribution < -0.4 is 10.6 Å². The Labute approximate surface area is 113 Å². The fraction of sp³-hybridized carbons (Fsp3) is 0.800. The summed E-state index contributed by atoms with van der Waals surface area (Å²) in [5.74, 6) is -1.62. The van der Waals surface area contributed by atoms with Crippen LogP contribution in [0.1, 0.15) is 19.8 Å². The summed E-state index contributed by atoms with van der Waals surface area (Å²) in [6.07, 6.45) is 0.928.